The molecule has 4 atom stereocenters. The number of amides is 2. The van der Waals surface area contributed by atoms with Crippen LogP contribution in [0.4, 0.5) is 0 Å². The van der Waals surface area contributed by atoms with Crippen molar-refractivity contribution in [3.8, 4) is 0 Å². The quantitative estimate of drug-likeness (QED) is 0.385. The molecule has 0 aromatic carbocycles. The van der Waals surface area contributed by atoms with Gasteiger partial charge in [-0.25, -0.2) is 4.68 Å². The number of hydrogen-bond acceptors (Lipinski definition) is 7. The van der Waals surface area contributed by atoms with Crippen molar-refractivity contribution in [2.45, 2.75) is 24.5 Å². The number of carbonyl (C=O) groups excluding carboxylic acids is 2. The summed E-state index contributed by atoms with van der Waals surface area (Å²) >= 11 is 0. The fraction of sp³-hybridized carbons (Fsp3) is 0.500. The van der Waals surface area contributed by atoms with E-state index in [4.69, 9.17) is 21.3 Å². The third kappa shape index (κ3) is 2.25. The summed E-state index contributed by atoms with van der Waals surface area (Å²) in [5.74, 6) is -1.80. The standard InChI is InChI=1S/C10H14N4O6/c11-8(18)3-1-4(9(12)19)14(13-3)10-7(17)6(16)5(2-15)20-10/h1,5-7,10,15-17H,2H2,(H2,11,18)(H2,12,19)/t5-,6-,7-,10-/m1/s1. The van der Waals surface area contributed by atoms with Gasteiger partial charge in [0.15, 0.2) is 11.9 Å². The Labute approximate surface area is 112 Å². The number of hydrogen-bond donors (Lipinski definition) is 5. The number of ether oxygens (including phenoxy) is 1. The van der Waals surface area contributed by atoms with Gasteiger partial charge in [-0.05, 0) is 0 Å². The highest BCUT2D eigenvalue weighted by atomic mass is 16.6. The van der Waals surface area contributed by atoms with Crippen LogP contribution in [0.5, 0.6) is 0 Å². The predicted octanol–water partition coefficient (Wildman–Crippen LogP) is -3.31. The van der Waals surface area contributed by atoms with Gasteiger partial charge < -0.3 is 31.5 Å². The summed E-state index contributed by atoms with van der Waals surface area (Å²) in [6.45, 7) is -0.537. The van der Waals surface area contributed by atoms with Crippen LogP contribution >= 0.6 is 0 Å². The zero-order chi connectivity index (χ0) is 15.0. The Hall–Kier alpha value is -2.01. The Bertz CT molecular complexity index is 544. The number of nitrogens with two attached hydrogens (primary N) is 2. The molecule has 1 saturated heterocycles. The maximum absolute atomic E-state index is 11.3. The number of aromatic nitrogens is 2. The van der Waals surface area contributed by atoms with Gasteiger partial charge in [-0.1, -0.05) is 0 Å². The lowest BCUT2D eigenvalue weighted by Gasteiger charge is -2.16. The zero-order valence-corrected chi connectivity index (χ0v) is 10.2. The van der Waals surface area contributed by atoms with Crippen molar-refractivity contribution < 1.29 is 29.6 Å². The zero-order valence-electron chi connectivity index (χ0n) is 10.2. The molecule has 1 fully saturated rings. The molecule has 20 heavy (non-hydrogen) atoms. The maximum Gasteiger partial charge on any atom is 0.269 e. The van der Waals surface area contributed by atoms with E-state index in [2.05, 4.69) is 5.10 Å². The molecule has 10 heteroatoms. The van der Waals surface area contributed by atoms with Crippen molar-refractivity contribution in [1.29, 1.82) is 0 Å². The van der Waals surface area contributed by atoms with Gasteiger partial charge in [0.2, 0.25) is 0 Å². The smallest absolute Gasteiger partial charge is 0.269 e. The van der Waals surface area contributed by atoms with Gasteiger partial charge in [-0.2, -0.15) is 5.10 Å². The van der Waals surface area contributed by atoms with Gasteiger partial charge in [0.05, 0.1) is 6.61 Å². The molecule has 0 saturated carbocycles. The van der Waals surface area contributed by atoms with Crippen LogP contribution in [0.3, 0.4) is 0 Å². The van der Waals surface area contributed by atoms with E-state index >= 15 is 0 Å². The van der Waals surface area contributed by atoms with Crippen LogP contribution in [-0.2, 0) is 4.74 Å². The van der Waals surface area contributed by atoms with Gasteiger partial charge >= 0.3 is 0 Å². The Morgan fingerprint density at radius 2 is 1.95 bits per heavy atom. The highest BCUT2D eigenvalue weighted by Crippen LogP contribution is 2.30. The number of rotatable bonds is 4. The molecule has 10 nitrogen and oxygen atoms in total. The molecular weight excluding hydrogens is 272 g/mol. The molecule has 0 spiro atoms. The van der Waals surface area contributed by atoms with Crippen LogP contribution in [0, 0.1) is 0 Å². The fourth-order valence-electron chi connectivity index (χ4n) is 1.97. The van der Waals surface area contributed by atoms with E-state index < -0.39 is 43.0 Å². The van der Waals surface area contributed by atoms with E-state index in [0.717, 1.165) is 10.7 Å². The molecule has 2 rings (SSSR count). The highest BCUT2D eigenvalue weighted by Gasteiger charge is 2.45. The van der Waals surface area contributed by atoms with E-state index in [9.17, 15) is 19.8 Å². The molecule has 7 N–H and O–H groups in total. The van der Waals surface area contributed by atoms with Crippen molar-refractivity contribution in [3.63, 3.8) is 0 Å². The largest absolute Gasteiger partial charge is 0.394 e. The normalized spacial score (nSPS) is 29.6. The molecule has 1 aliphatic heterocycles. The monoisotopic (exact) mass is 286 g/mol. The minimum atomic E-state index is -1.45. The number of aliphatic hydroxyl groups is 3. The van der Waals surface area contributed by atoms with Crippen LogP contribution in [0.15, 0.2) is 6.07 Å². The molecule has 1 aromatic heterocycles. The van der Waals surface area contributed by atoms with Gasteiger partial charge in [0, 0.05) is 6.07 Å². The molecule has 0 unspecified atom stereocenters. The Morgan fingerprint density at radius 3 is 2.40 bits per heavy atom. The second-order valence-corrected chi connectivity index (χ2v) is 4.32. The van der Waals surface area contributed by atoms with Gasteiger partial charge in [-0.15, -0.1) is 0 Å². The summed E-state index contributed by atoms with van der Waals surface area (Å²) < 4.78 is 6.06. The average molecular weight is 286 g/mol. The Balaban J connectivity index is 2.42. The summed E-state index contributed by atoms with van der Waals surface area (Å²) in [5.41, 5.74) is 9.74. The number of nitrogens with zero attached hydrogens (tertiary/aromatic N) is 2. The van der Waals surface area contributed by atoms with Crippen LogP contribution in [0.25, 0.3) is 0 Å². The molecule has 0 radical (unpaired) electrons. The summed E-state index contributed by atoms with van der Waals surface area (Å²) in [6.07, 6.45) is -5.13. The van der Waals surface area contributed by atoms with Crippen molar-refractivity contribution >= 4 is 11.8 Å². The predicted molar refractivity (Wildman–Crippen MR) is 62.3 cm³/mol. The number of aliphatic hydroxyl groups excluding tert-OH is 3. The van der Waals surface area contributed by atoms with Crippen molar-refractivity contribution in [2.24, 2.45) is 11.5 Å². The fourth-order valence-corrected chi connectivity index (χ4v) is 1.97. The topological polar surface area (TPSA) is 174 Å². The first kappa shape index (κ1) is 14.4. The number of carbonyl (C=O) groups is 2. The highest BCUT2D eigenvalue weighted by molar-refractivity contribution is 5.96. The third-order valence-electron chi connectivity index (χ3n) is 3.00. The first-order valence-electron chi connectivity index (χ1n) is 5.68. The first-order chi connectivity index (χ1) is 9.36. The maximum atomic E-state index is 11.3. The second kappa shape index (κ2) is 5.17. The second-order valence-electron chi connectivity index (χ2n) is 4.32. The molecule has 1 aromatic rings. The SMILES string of the molecule is NC(=O)c1cc(C(N)=O)n([C@@H]2O[C@H](CO)[C@@H](O)[C@H]2O)n1. The molecule has 2 heterocycles. The third-order valence-corrected chi connectivity index (χ3v) is 3.00. The lowest BCUT2D eigenvalue weighted by molar-refractivity contribution is -0.0594. The van der Waals surface area contributed by atoms with Crippen LogP contribution in [0.1, 0.15) is 27.2 Å². The molecular formula is C10H14N4O6. The number of primary amides is 2. The Morgan fingerprint density at radius 1 is 1.30 bits per heavy atom. The lowest BCUT2D eigenvalue weighted by Crippen LogP contribution is -2.34. The van der Waals surface area contributed by atoms with Crippen molar-refractivity contribution in [2.75, 3.05) is 6.61 Å². The van der Waals surface area contributed by atoms with E-state index in [-0.39, 0.29) is 11.4 Å². The van der Waals surface area contributed by atoms with Gasteiger partial charge in [0.25, 0.3) is 11.8 Å². The van der Waals surface area contributed by atoms with E-state index in [1.165, 1.54) is 0 Å². The van der Waals surface area contributed by atoms with Crippen molar-refractivity contribution in [1.82, 2.24) is 9.78 Å². The van der Waals surface area contributed by atoms with Crippen LogP contribution in [0.2, 0.25) is 0 Å². The first-order valence-corrected chi connectivity index (χ1v) is 5.68. The van der Waals surface area contributed by atoms with E-state index in [1.54, 1.807) is 0 Å². The lowest BCUT2D eigenvalue weighted by atomic mass is 10.1. The van der Waals surface area contributed by atoms with E-state index in [0.29, 0.717) is 0 Å². The summed E-state index contributed by atoms with van der Waals surface area (Å²) in [7, 11) is 0. The summed E-state index contributed by atoms with van der Waals surface area (Å²) in [5, 5.41) is 32.2. The molecule has 0 aliphatic carbocycles. The van der Waals surface area contributed by atoms with E-state index in [1.807, 2.05) is 0 Å². The molecule has 110 valence electrons. The Kier molecular flexibility index (Phi) is 3.72. The van der Waals surface area contributed by atoms with Gasteiger partial charge in [0.1, 0.15) is 24.0 Å². The summed E-state index contributed by atoms with van der Waals surface area (Å²) in [4.78, 5) is 22.4. The minimum absolute atomic E-state index is 0.214. The molecule has 0 bridgehead atoms. The van der Waals surface area contributed by atoms with Crippen LogP contribution < -0.4 is 11.5 Å². The summed E-state index contributed by atoms with van der Waals surface area (Å²) in [6, 6.07) is 1.05. The average Bonchev–Trinajstić information content (AvgIpc) is 2.93. The van der Waals surface area contributed by atoms with Crippen molar-refractivity contribution in [3.05, 3.63) is 17.5 Å². The minimum Gasteiger partial charge on any atom is -0.394 e. The molecule has 2 amide bonds. The van der Waals surface area contributed by atoms with Crippen LogP contribution in [-0.4, -0.2) is 61.8 Å². The van der Waals surface area contributed by atoms with Gasteiger partial charge in [-0.3, -0.25) is 9.59 Å². The molecule has 1 aliphatic rings.